The summed E-state index contributed by atoms with van der Waals surface area (Å²) in [6, 6.07) is 2.65. The number of hydrogen-bond donors (Lipinski definition) is 1. The van der Waals surface area contributed by atoms with E-state index in [9.17, 15) is 9.18 Å². The maximum atomic E-state index is 13.5. The molecule has 1 aromatic carbocycles. The normalized spacial score (nSPS) is 10.5. The van der Waals surface area contributed by atoms with Crippen LogP contribution in [0.2, 0.25) is 0 Å². The number of benzene rings is 1. The van der Waals surface area contributed by atoms with Gasteiger partial charge in [0.15, 0.2) is 0 Å². The molecule has 0 heterocycles. The van der Waals surface area contributed by atoms with Gasteiger partial charge in [-0.2, -0.15) is 0 Å². The lowest BCUT2D eigenvalue weighted by atomic mass is 10.1. The Labute approximate surface area is 98.8 Å². The van der Waals surface area contributed by atoms with E-state index in [4.69, 9.17) is 10.5 Å². The number of nitrogens with two attached hydrogens (primary N) is 1. The number of hydrogen-bond acceptors (Lipinski definition) is 4. The summed E-state index contributed by atoms with van der Waals surface area (Å²) in [6.07, 6.45) is 3.08. The zero-order valence-corrected chi connectivity index (χ0v) is 9.70. The Morgan fingerprint density at radius 2 is 2.18 bits per heavy atom. The highest BCUT2D eigenvalue weighted by atomic mass is 19.1. The molecule has 0 bridgehead atoms. The molecule has 0 aliphatic carbocycles. The third-order valence-electron chi connectivity index (χ3n) is 2.16. The summed E-state index contributed by atoms with van der Waals surface area (Å²) in [5, 5.41) is 0. The van der Waals surface area contributed by atoms with Crippen LogP contribution < -0.4 is 10.5 Å². The van der Waals surface area contributed by atoms with Gasteiger partial charge in [-0.15, -0.1) is 0 Å². The van der Waals surface area contributed by atoms with Crippen molar-refractivity contribution in [2.75, 3.05) is 20.0 Å². The summed E-state index contributed by atoms with van der Waals surface area (Å²) in [4.78, 5) is 10.9. The first kappa shape index (κ1) is 13.0. The predicted octanol–water partition coefficient (Wildman–Crippen LogP) is 1.99. The van der Waals surface area contributed by atoms with Gasteiger partial charge in [0.1, 0.15) is 11.6 Å². The van der Waals surface area contributed by atoms with E-state index in [1.165, 1.54) is 38.5 Å². The molecule has 0 atom stereocenters. The monoisotopic (exact) mass is 239 g/mol. The molecular weight excluding hydrogens is 225 g/mol. The highest BCUT2D eigenvalue weighted by molar-refractivity contribution is 5.73. The lowest BCUT2D eigenvalue weighted by Crippen LogP contribution is -1.97. The van der Waals surface area contributed by atoms with Gasteiger partial charge < -0.3 is 15.2 Å². The van der Waals surface area contributed by atoms with Gasteiger partial charge in [0, 0.05) is 11.6 Å². The number of carbonyl (C=O) groups excluding carboxylic acids is 1. The zero-order valence-electron chi connectivity index (χ0n) is 9.70. The minimum absolute atomic E-state index is 0.0859. The standard InChI is InChI=1S/C12H14FNO3/c1-16-11-6-8(9(13)7-10(11)14)4-3-5-12(15)17-2/h3-4,6-7H,5,14H2,1-2H3. The molecule has 0 saturated carbocycles. The van der Waals surface area contributed by atoms with E-state index in [2.05, 4.69) is 4.74 Å². The van der Waals surface area contributed by atoms with Crippen LogP contribution in [0.15, 0.2) is 18.2 Å². The largest absolute Gasteiger partial charge is 0.495 e. The Morgan fingerprint density at radius 3 is 2.76 bits per heavy atom. The van der Waals surface area contributed by atoms with E-state index in [-0.39, 0.29) is 18.1 Å². The second kappa shape index (κ2) is 5.89. The van der Waals surface area contributed by atoms with Gasteiger partial charge in [-0.3, -0.25) is 4.79 Å². The predicted molar refractivity (Wildman–Crippen MR) is 63.0 cm³/mol. The molecule has 0 spiro atoms. The van der Waals surface area contributed by atoms with Crippen molar-refractivity contribution in [3.05, 3.63) is 29.6 Å². The fourth-order valence-electron chi connectivity index (χ4n) is 1.25. The van der Waals surface area contributed by atoms with Crippen LogP contribution >= 0.6 is 0 Å². The molecule has 0 aliphatic rings. The summed E-state index contributed by atoms with van der Waals surface area (Å²) in [5.41, 5.74) is 6.07. The second-order valence-electron chi connectivity index (χ2n) is 3.30. The smallest absolute Gasteiger partial charge is 0.309 e. The fourth-order valence-corrected chi connectivity index (χ4v) is 1.25. The van der Waals surface area contributed by atoms with E-state index in [0.717, 1.165) is 0 Å². The number of carbonyl (C=O) groups is 1. The third kappa shape index (κ3) is 3.48. The van der Waals surface area contributed by atoms with Gasteiger partial charge >= 0.3 is 5.97 Å². The molecule has 0 unspecified atom stereocenters. The van der Waals surface area contributed by atoms with Gasteiger partial charge in [0.2, 0.25) is 0 Å². The van der Waals surface area contributed by atoms with Crippen molar-refractivity contribution >= 4 is 17.7 Å². The number of esters is 1. The van der Waals surface area contributed by atoms with E-state index in [1.807, 2.05) is 0 Å². The molecule has 0 saturated heterocycles. The maximum absolute atomic E-state index is 13.5. The summed E-state index contributed by atoms with van der Waals surface area (Å²) in [5.74, 6) is -0.461. The van der Waals surface area contributed by atoms with Crippen LogP contribution in [0.25, 0.3) is 6.08 Å². The van der Waals surface area contributed by atoms with Crippen molar-refractivity contribution in [3.63, 3.8) is 0 Å². The Hall–Kier alpha value is -2.04. The molecule has 0 fully saturated rings. The summed E-state index contributed by atoms with van der Waals surface area (Å²) in [7, 11) is 2.74. The number of nitrogen functional groups attached to an aromatic ring is 1. The quantitative estimate of drug-likeness (QED) is 0.644. The van der Waals surface area contributed by atoms with Gasteiger partial charge in [0.05, 0.1) is 26.3 Å². The molecule has 5 heteroatoms. The van der Waals surface area contributed by atoms with Crippen LogP contribution in [-0.4, -0.2) is 20.2 Å². The van der Waals surface area contributed by atoms with E-state index < -0.39 is 5.82 Å². The van der Waals surface area contributed by atoms with Crippen LogP contribution in [0.3, 0.4) is 0 Å². The van der Waals surface area contributed by atoms with Gasteiger partial charge in [-0.1, -0.05) is 12.2 Å². The Morgan fingerprint density at radius 1 is 1.47 bits per heavy atom. The Bertz CT molecular complexity index is 444. The topological polar surface area (TPSA) is 61.5 Å². The highest BCUT2D eigenvalue weighted by Crippen LogP contribution is 2.25. The maximum Gasteiger partial charge on any atom is 0.309 e. The number of halogens is 1. The molecule has 92 valence electrons. The van der Waals surface area contributed by atoms with Crippen molar-refractivity contribution in [1.82, 2.24) is 0 Å². The Kier molecular flexibility index (Phi) is 4.51. The molecule has 4 nitrogen and oxygen atoms in total. The lowest BCUT2D eigenvalue weighted by molar-refractivity contribution is -0.139. The zero-order chi connectivity index (χ0) is 12.8. The number of rotatable bonds is 4. The van der Waals surface area contributed by atoms with Crippen molar-refractivity contribution in [1.29, 1.82) is 0 Å². The van der Waals surface area contributed by atoms with Crippen LogP contribution in [0.5, 0.6) is 5.75 Å². The van der Waals surface area contributed by atoms with Crippen molar-refractivity contribution < 1.29 is 18.7 Å². The number of methoxy groups -OCH3 is 2. The van der Waals surface area contributed by atoms with Gasteiger partial charge in [0.25, 0.3) is 0 Å². The highest BCUT2D eigenvalue weighted by Gasteiger charge is 2.06. The lowest BCUT2D eigenvalue weighted by Gasteiger charge is -2.06. The minimum Gasteiger partial charge on any atom is -0.495 e. The molecule has 2 N–H and O–H groups in total. The van der Waals surface area contributed by atoms with Crippen molar-refractivity contribution in [2.24, 2.45) is 0 Å². The minimum atomic E-state index is -0.468. The number of ether oxygens (including phenoxy) is 2. The van der Waals surface area contributed by atoms with Crippen LogP contribution in [0.1, 0.15) is 12.0 Å². The molecule has 0 aliphatic heterocycles. The fraction of sp³-hybridized carbons (Fsp3) is 0.250. The van der Waals surface area contributed by atoms with Crippen molar-refractivity contribution in [2.45, 2.75) is 6.42 Å². The van der Waals surface area contributed by atoms with E-state index in [0.29, 0.717) is 11.3 Å². The summed E-state index contributed by atoms with van der Waals surface area (Å²) in [6.45, 7) is 0. The first-order chi connectivity index (χ1) is 8.08. The van der Waals surface area contributed by atoms with Crippen molar-refractivity contribution in [3.8, 4) is 5.75 Å². The van der Waals surface area contributed by atoms with E-state index in [1.54, 1.807) is 0 Å². The molecular formula is C12H14FNO3. The first-order valence-electron chi connectivity index (χ1n) is 4.95. The summed E-state index contributed by atoms with van der Waals surface area (Å²) < 4.78 is 22.9. The molecule has 0 aromatic heterocycles. The molecule has 0 radical (unpaired) electrons. The van der Waals surface area contributed by atoms with Crippen LogP contribution in [-0.2, 0) is 9.53 Å². The number of anilines is 1. The van der Waals surface area contributed by atoms with Gasteiger partial charge in [-0.05, 0) is 6.07 Å². The Balaban J connectivity index is 2.87. The third-order valence-corrected chi connectivity index (χ3v) is 2.16. The molecule has 1 aromatic rings. The molecule has 0 amide bonds. The van der Waals surface area contributed by atoms with Gasteiger partial charge in [-0.25, -0.2) is 4.39 Å². The van der Waals surface area contributed by atoms with E-state index >= 15 is 0 Å². The average molecular weight is 239 g/mol. The summed E-state index contributed by atoms with van der Waals surface area (Å²) >= 11 is 0. The molecule has 17 heavy (non-hydrogen) atoms. The van der Waals surface area contributed by atoms with Crippen LogP contribution in [0, 0.1) is 5.82 Å². The van der Waals surface area contributed by atoms with Crippen LogP contribution in [0.4, 0.5) is 10.1 Å². The average Bonchev–Trinajstić information content (AvgIpc) is 2.31. The SMILES string of the molecule is COC(=O)CC=Cc1cc(OC)c(N)cc1F. The molecule has 1 rings (SSSR count). The first-order valence-corrected chi connectivity index (χ1v) is 4.95. The second-order valence-corrected chi connectivity index (χ2v) is 3.30.